The Labute approximate surface area is 112 Å². The minimum Gasteiger partial charge on any atom is -0.339 e. The predicted octanol–water partition coefficient (Wildman–Crippen LogP) is 2.72. The van der Waals surface area contributed by atoms with Crippen LogP contribution in [0.2, 0.25) is 0 Å². The Morgan fingerprint density at radius 1 is 1.44 bits per heavy atom. The van der Waals surface area contributed by atoms with Crippen LogP contribution >= 0.6 is 15.9 Å². The van der Waals surface area contributed by atoms with Gasteiger partial charge in [-0.25, -0.2) is 4.39 Å². The monoisotopic (exact) mass is 311 g/mol. The topological polar surface area (TPSA) is 51.0 Å². The number of nitrogens with one attached hydrogen (secondary N) is 1. The van der Waals surface area contributed by atoms with Gasteiger partial charge in [0.15, 0.2) is 0 Å². The van der Waals surface area contributed by atoms with Gasteiger partial charge < -0.3 is 9.84 Å². The lowest BCUT2D eigenvalue weighted by Gasteiger charge is -2.00. The van der Waals surface area contributed by atoms with Gasteiger partial charge in [0, 0.05) is 16.6 Å². The summed E-state index contributed by atoms with van der Waals surface area (Å²) < 4.78 is 18.9. The van der Waals surface area contributed by atoms with E-state index < -0.39 is 0 Å². The number of halogens is 2. The molecule has 3 rings (SSSR count). The lowest BCUT2D eigenvalue weighted by molar-refractivity contribution is 0.359. The van der Waals surface area contributed by atoms with Crippen molar-refractivity contribution in [2.24, 2.45) is 0 Å². The van der Waals surface area contributed by atoms with Gasteiger partial charge in [0.05, 0.1) is 5.92 Å². The van der Waals surface area contributed by atoms with E-state index in [1.165, 1.54) is 12.1 Å². The molecule has 1 fully saturated rings. The normalized spacial score (nSPS) is 19.3. The van der Waals surface area contributed by atoms with Gasteiger partial charge in [0.25, 0.3) is 0 Å². The summed E-state index contributed by atoms with van der Waals surface area (Å²) in [7, 11) is 0. The largest absolute Gasteiger partial charge is 0.339 e. The zero-order chi connectivity index (χ0) is 12.5. The molecule has 18 heavy (non-hydrogen) atoms. The Balaban J connectivity index is 1.92. The highest BCUT2D eigenvalue weighted by Crippen LogP contribution is 2.29. The van der Waals surface area contributed by atoms with Crippen LogP contribution in [0, 0.1) is 5.82 Å². The van der Waals surface area contributed by atoms with Crippen LogP contribution in [0.4, 0.5) is 4.39 Å². The minimum absolute atomic E-state index is 0.283. The van der Waals surface area contributed by atoms with E-state index in [0.717, 1.165) is 25.1 Å². The maximum absolute atomic E-state index is 13.0. The second-order valence-electron chi connectivity index (χ2n) is 4.27. The molecular formula is C12H11BrFN3O. The summed E-state index contributed by atoms with van der Waals surface area (Å²) in [6, 6.07) is 4.41. The minimum atomic E-state index is -0.297. The van der Waals surface area contributed by atoms with Crippen LogP contribution < -0.4 is 5.32 Å². The fourth-order valence-electron chi connectivity index (χ4n) is 2.05. The maximum atomic E-state index is 13.0. The van der Waals surface area contributed by atoms with E-state index in [0.29, 0.717) is 16.2 Å². The van der Waals surface area contributed by atoms with Gasteiger partial charge in [0.1, 0.15) is 5.82 Å². The second kappa shape index (κ2) is 4.78. The van der Waals surface area contributed by atoms with Gasteiger partial charge in [0.2, 0.25) is 11.7 Å². The highest BCUT2D eigenvalue weighted by atomic mass is 79.9. The van der Waals surface area contributed by atoms with Crippen molar-refractivity contribution in [2.75, 3.05) is 13.1 Å². The summed E-state index contributed by atoms with van der Waals surface area (Å²) in [4.78, 5) is 4.38. The standard InChI is InChI=1S/C12H11BrFN3O/c13-10-5-8(14)1-2-9(10)11-16-12(18-17-11)7-3-4-15-6-7/h1-2,5,7,15H,3-4,6H2. The van der Waals surface area contributed by atoms with Gasteiger partial charge in [-0.1, -0.05) is 5.16 Å². The molecule has 1 aliphatic rings. The van der Waals surface area contributed by atoms with E-state index in [-0.39, 0.29) is 11.7 Å². The zero-order valence-electron chi connectivity index (χ0n) is 9.49. The Morgan fingerprint density at radius 2 is 2.33 bits per heavy atom. The number of hydrogen-bond donors (Lipinski definition) is 1. The van der Waals surface area contributed by atoms with Crippen molar-refractivity contribution >= 4 is 15.9 Å². The number of hydrogen-bond acceptors (Lipinski definition) is 4. The number of rotatable bonds is 2. The average Bonchev–Trinajstić information content (AvgIpc) is 2.99. The third-order valence-corrected chi connectivity index (χ3v) is 3.68. The molecule has 0 bridgehead atoms. The molecule has 1 aromatic heterocycles. The molecule has 0 radical (unpaired) electrons. The molecule has 6 heteroatoms. The first-order valence-corrected chi connectivity index (χ1v) is 6.53. The summed E-state index contributed by atoms with van der Waals surface area (Å²) in [5.41, 5.74) is 0.734. The van der Waals surface area contributed by atoms with E-state index in [1.807, 2.05) is 0 Å². The van der Waals surface area contributed by atoms with Crippen molar-refractivity contribution in [2.45, 2.75) is 12.3 Å². The lowest BCUT2D eigenvalue weighted by Crippen LogP contribution is -2.08. The van der Waals surface area contributed by atoms with Crippen LogP contribution in [0.3, 0.4) is 0 Å². The van der Waals surface area contributed by atoms with Crippen LogP contribution in [0.5, 0.6) is 0 Å². The molecule has 0 spiro atoms. The average molecular weight is 312 g/mol. The Hall–Kier alpha value is -1.27. The van der Waals surface area contributed by atoms with Gasteiger partial charge in [-0.2, -0.15) is 4.98 Å². The van der Waals surface area contributed by atoms with Crippen LogP contribution in [-0.2, 0) is 0 Å². The summed E-state index contributed by atoms with van der Waals surface area (Å²) in [5.74, 6) is 1.12. The first-order valence-electron chi connectivity index (χ1n) is 5.74. The smallest absolute Gasteiger partial charge is 0.231 e. The van der Waals surface area contributed by atoms with Gasteiger partial charge >= 0.3 is 0 Å². The Bertz CT molecular complexity index is 566. The molecule has 2 heterocycles. The maximum Gasteiger partial charge on any atom is 0.231 e. The van der Waals surface area contributed by atoms with Crippen LogP contribution in [0.1, 0.15) is 18.2 Å². The SMILES string of the molecule is Fc1ccc(-c2noc(C3CCNC3)n2)c(Br)c1. The van der Waals surface area contributed by atoms with E-state index in [4.69, 9.17) is 4.52 Å². The van der Waals surface area contributed by atoms with E-state index in [2.05, 4.69) is 31.4 Å². The fraction of sp³-hybridized carbons (Fsp3) is 0.333. The van der Waals surface area contributed by atoms with E-state index >= 15 is 0 Å². The third-order valence-electron chi connectivity index (χ3n) is 3.02. The molecule has 1 atom stereocenters. The fourth-order valence-corrected chi connectivity index (χ4v) is 2.57. The Morgan fingerprint density at radius 3 is 3.06 bits per heavy atom. The molecule has 2 aromatic rings. The van der Waals surface area contributed by atoms with Gasteiger partial charge in [-0.15, -0.1) is 0 Å². The van der Waals surface area contributed by atoms with E-state index in [1.54, 1.807) is 6.07 Å². The van der Waals surface area contributed by atoms with Crippen molar-refractivity contribution in [3.05, 3.63) is 34.4 Å². The van der Waals surface area contributed by atoms with Crippen LogP contribution in [0.15, 0.2) is 27.2 Å². The predicted molar refractivity (Wildman–Crippen MR) is 67.6 cm³/mol. The first-order chi connectivity index (χ1) is 8.74. The van der Waals surface area contributed by atoms with Crippen LogP contribution in [-0.4, -0.2) is 23.2 Å². The quantitative estimate of drug-likeness (QED) is 0.926. The first kappa shape index (κ1) is 11.8. The van der Waals surface area contributed by atoms with Crippen molar-refractivity contribution in [3.63, 3.8) is 0 Å². The number of nitrogens with zero attached hydrogens (tertiary/aromatic N) is 2. The molecule has 0 amide bonds. The molecule has 1 unspecified atom stereocenters. The van der Waals surface area contributed by atoms with Gasteiger partial charge in [-0.05, 0) is 47.1 Å². The third kappa shape index (κ3) is 2.18. The van der Waals surface area contributed by atoms with Gasteiger partial charge in [-0.3, -0.25) is 0 Å². The zero-order valence-corrected chi connectivity index (χ0v) is 11.1. The molecule has 0 saturated carbocycles. The summed E-state index contributed by atoms with van der Waals surface area (Å²) >= 11 is 3.30. The molecule has 1 saturated heterocycles. The van der Waals surface area contributed by atoms with Crippen molar-refractivity contribution in [3.8, 4) is 11.4 Å². The molecule has 94 valence electrons. The highest BCUT2D eigenvalue weighted by molar-refractivity contribution is 9.10. The molecule has 0 aliphatic carbocycles. The number of benzene rings is 1. The molecule has 1 aromatic carbocycles. The summed E-state index contributed by atoms with van der Waals surface area (Å²) in [5, 5.41) is 7.21. The van der Waals surface area contributed by atoms with E-state index in [9.17, 15) is 4.39 Å². The second-order valence-corrected chi connectivity index (χ2v) is 5.12. The Kier molecular flexibility index (Phi) is 3.13. The van der Waals surface area contributed by atoms with Crippen molar-refractivity contribution in [1.29, 1.82) is 0 Å². The van der Waals surface area contributed by atoms with Crippen molar-refractivity contribution in [1.82, 2.24) is 15.5 Å². The highest BCUT2D eigenvalue weighted by Gasteiger charge is 2.23. The molecule has 4 nitrogen and oxygen atoms in total. The summed E-state index contributed by atoms with van der Waals surface area (Å²) in [6.45, 7) is 1.84. The summed E-state index contributed by atoms with van der Waals surface area (Å²) in [6.07, 6.45) is 1.01. The lowest BCUT2D eigenvalue weighted by atomic mass is 10.1. The molecular weight excluding hydrogens is 301 g/mol. The van der Waals surface area contributed by atoms with Crippen LogP contribution in [0.25, 0.3) is 11.4 Å². The molecule has 1 N–H and O–H groups in total. The molecule has 1 aliphatic heterocycles. The van der Waals surface area contributed by atoms with Crippen molar-refractivity contribution < 1.29 is 8.91 Å². The number of aromatic nitrogens is 2.